The molecule has 1 saturated heterocycles. The number of carbonyl (C=O) groups is 2. The maximum Gasteiger partial charge on any atom is 0.409 e. The van der Waals surface area contributed by atoms with Gasteiger partial charge >= 0.3 is 6.09 Å². The lowest BCUT2D eigenvalue weighted by atomic mass is 10.1. The Balaban J connectivity index is 1.77. The number of nitrogens with zero attached hydrogens (tertiary/aromatic N) is 3. The molecule has 1 fully saturated rings. The van der Waals surface area contributed by atoms with Crippen molar-refractivity contribution in [2.24, 2.45) is 0 Å². The number of rotatable bonds is 7. The van der Waals surface area contributed by atoms with Crippen LogP contribution in [-0.2, 0) is 9.47 Å². The Labute approximate surface area is 147 Å². The largest absolute Gasteiger partial charge is 0.450 e. The summed E-state index contributed by atoms with van der Waals surface area (Å²) in [6, 6.07) is 0.0256. The number of amides is 2. The summed E-state index contributed by atoms with van der Waals surface area (Å²) in [5.41, 5.74) is 0.408. The highest BCUT2D eigenvalue weighted by molar-refractivity contribution is 5.93. The Kier molecular flexibility index (Phi) is 7.39. The molecule has 2 heterocycles. The van der Waals surface area contributed by atoms with Gasteiger partial charge in [-0.3, -0.25) is 4.79 Å². The van der Waals surface area contributed by atoms with E-state index in [1.54, 1.807) is 18.9 Å². The molecule has 9 heteroatoms. The highest BCUT2D eigenvalue weighted by Gasteiger charge is 2.24. The van der Waals surface area contributed by atoms with E-state index in [0.717, 1.165) is 0 Å². The molecular formula is C16H25N5O4. The van der Waals surface area contributed by atoms with E-state index in [9.17, 15) is 9.59 Å². The van der Waals surface area contributed by atoms with E-state index >= 15 is 0 Å². The normalized spacial score (nSPS) is 14.9. The van der Waals surface area contributed by atoms with Crippen LogP contribution in [0.25, 0.3) is 0 Å². The average Bonchev–Trinajstić information content (AvgIpc) is 2.63. The first kappa shape index (κ1) is 18.9. The summed E-state index contributed by atoms with van der Waals surface area (Å²) in [5.74, 6) is 0.245. The van der Waals surface area contributed by atoms with Gasteiger partial charge in [0.1, 0.15) is 0 Å². The fraction of sp³-hybridized carbons (Fsp3) is 0.625. The minimum absolute atomic E-state index is 0.0256. The molecule has 0 saturated carbocycles. The number of nitrogens with one attached hydrogen (secondary N) is 2. The van der Waals surface area contributed by atoms with Crippen LogP contribution in [-0.4, -0.2) is 72.9 Å². The third-order valence-corrected chi connectivity index (χ3v) is 3.86. The summed E-state index contributed by atoms with van der Waals surface area (Å²) in [4.78, 5) is 33.8. The van der Waals surface area contributed by atoms with Crippen LogP contribution in [0.4, 0.5) is 10.7 Å². The maximum absolute atomic E-state index is 12.3. The number of aromatic nitrogens is 2. The zero-order valence-corrected chi connectivity index (χ0v) is 14.7. The van der Waals surface area contributed by atoms with Crippen molar-refractivity contribution >= 4 is 17.9 Å². The molecule has 1 aromatic rings. The molecule has 2 amide bonds. The van der Waals surface area contributed by atoms with Crippen molar-refractivity contribution in [2.45, 2.75) is 25.8 Å². The van der Waals surface area contributed by atoms with Gasteiger partial charge in [-0.1, -0.05) is 0 Å². The Hall–Kier alpha value is -2.42. The molecule has 1 aliphatic rings. The Morgan fingerprint density at radius 1 is 1.28 bits per heavy atom. The zero-order chi connectivity index (χ0) is 18.1. The van der Waals surface area contributed by atoms with Crippen LogP contribution in [0.1, 0.15) is 30.1 Å². The van der Waals surface area contributed by atoms with Crippen LogP contribution in [0.5, 0.6) is 0 Å². The van der Waals surface area contributed by atoms with E-state index in [0.29, 0.717) is 57.2 Å². The molecule has 0 aliphatic carbocycles. The second kappa shape index (κ2) is 9.77. The van der Waals surface area contributed by atoms with E-state index in [1.807, 2.05) is 0 Å². The molecule has 9 nitrogen and oxygen atoms in total. The molecule has 0 unspecified atom stereocenters. The maximum atomic E-state index is 12.3. The van der Waals surface area contributed by atoms with Crippen LogP contribution in [0.2, 0.25) is 0 Å². The lowest BCUT2D eigenvalue weighted by molar-refractivity contribution is 0.0859. The molecule has 0 atom stereocenters. The van der Waals surface area contributed by atoms with Crippen molar-refractivity contribution < 1.29 is 19.1 Å². The van der Waals surface area contributed by atoms with Crippen LogP contribution in [0.3, 0.4) is 0 Å². The summed E-state index contributed by atoms with van der Waals surface area (Å²) < 4.78 is 9.91. The molecular weight excluding hydrogens is 326 g/mol. The lowest BCUT2D eigenvalue weighted by Gasteiger charge is -2.31. The number of likely N-dealkylation sites (tertiary alicyclic amines) is 1. The molecule has 0 aromatic carbocycles. The van der Waals surface area contributed by atoms with Gasteiger partial charge in [-0.2, -0.15) is 0 Å². The summed E-state index contributed by atoms with van der Waals surface area (Å²) in [6.45, 7) is 4.44. The van der Waals surface area contributed by atoms with Crippen LogP contribution in [0.15, 0.2) is 12.4 Å². The van der Waals surface area contributed by atoms with Gasteiger partial charge in [0.05, 0.1) is 18.8 Å². The van der Waals surface area contributed by atoms with E-state index in [2.05, 4.69) is 20.6 Å². The third kappa shape index (κ3) is 5.86. The van der Waals surface area contributed by atoms with Crippen molar-refractivity contribution in [1.29, 1.82) is 0 Å². The highest BCUT2D eigenvalue weighted by Crippen LogP contribution is 2.12. The fourth-order valence-corrected chi connectivity index (χ4v) is 2.49. The van der Waals surface area contributed by atoms with Crippen LogP contribution < -0.4 is 10.6 Å². The van der Waals surface area contributed by atoms with Crippen molar-refractivity contribution in [3.05, 3.63) is 18.0 Å². The van der Waals surface area contributed by atoms with Gasteiger partial charge in [0.2, 0.25) is 5.95 Å². The van der Waals surface area contributed by atoms with Crippen LogP contribution in [0, 0.1) is 0 Å². The second-order valence-corrected chi connectivity index (χ2v) is 5.65. The molecule has 1 aromatic heterocycles. The van der Waals surface area contributed by atoms with Crippen molar-refractivity contribution in [1.82, 2.24) is 20.2 Å². The number of carbonyl (C=O) groups excluding carboxylic acids is 2. The predicted molar refractivity (Wildman–Crippen MR) is 91.5 cm³/mol. The standard InChI is InChI=1S/C16H25N5O4/c1-3-25-16(23)21-7-4-13(5-8-21)20-14(22)12-10-18-15(19-11-12)17-6-9-24-2/h10-11,13H,3-9H2,1-2H3,(H,20,22)(H,17,18,19). The number of hydrogen-bond donors (Lipinski definition) is 2. The minimum Gasteiger partial charge on any atom is -0.450 e. The van der Waals surface area contributed by atoms with E-state index in [1.165, 1.54) is 12.4 Å². The van der Waals surface area contributed by atoms with Gasteiger partial charge < -0.3 is 25.0 Å². The first-order valence-corrected chi connectivity index (χ1v) is 8.41. The first-order chi connectivity index (χ1) is 12.1. The number of methoxy groups -OCH3 is 1. The second-order valence-electron chi connectivity index (χ2n) is 5.65. The minimum atomic E-state index is -0.294. The lowest BCUT2D eigenvalue weighted by Crippen LogP contribution is -2.46. The fourth-order valence-electron chi connectivity index (χ4n) is 2.49. The van der Waals surface area contributed by atoms with E-state index in [-0.39, 0.29) is 18.0 Å². The van der Waals surface area contributed by atoms with Gasteiger partial charge in [-0.15, -0.1) is 0 Å². The van der Waals surface area contributed by atoms with Gasteiger partial charge in [-0.25, -0.2) is 14.8 Å². The summed E-state index contributed by atoms with van der Waals surface area (Å²) >= 11 is 0. The smallest absolute Gasteiger partial charge is 0.409 e. The summed E-state index contributed by atoms with van der Waals surface area (Å²) in [7, 11) is 1.62. The number of anilines is 1. The molecule has 0 spiro atoms. The molecule has 0 bridgehead atoms. The van der Waals surface area contributed by atoms with Crippen molar-refractivity contribution in [3.8, 4) is 0 Å². The SMILES string of the molecule is CCOC(=O)N1CCC(NC(=O)c2cnc(NCCOC)nc2)CC1. The third-order valence-electron chi connectivity index (χ3n) is 3.86. The molecule has 138 valence electrons. The van der Waals surface area contributed by atoms with E-state index < -0.39 is 0 Å². The van der Waals surface area contributed by atoms with Crippen molar-refractivity contribution in [3.63, 3.8) is 0 Å². The monoisotopic (exact) mass is 351 g/mol. The molecule has 1 aliphatic heterocycles. The molecule has 25 heavy (non-hydrogen) atoms. The summed E-state index contributed by atoms with van der Waals surface area (Å²) in [6.07, 6.45) is 4.08. The molecule has 2 rings (SSSR count). The number of hydrogen-bond acceptors (Lipinski definition) is 7. The average molecular weight is 351 g/mol. The van der Waals surface area contributed by atoms with Gasteiger partial charge in [0, 0.05) is 45.2 Å². The quantitative estimate of drug-likeness (QED) is 0.703. The van der Waals surface area contributed by atoms with Crippen molar-refractivity contribution in [2.75, 3.05) is 45.3 Å². The molecule has 2 N–H and O–H groups in total. The Morgan fingerprint density at radius 3 is 2.56 bits per heavy atom. The topological polar surface area (TPSA) is 106 Å². The predicted octanol–water partition coefficient (Wildman–Crippen LogP) is 0.886. The highest BCUT2D eigenvalue weighted by atomic mass is 16.6. The van der Waals surface area contributed by atoms with E-state index in [4.69, 9.17) is 9.47 Å². The van der Waals surface area contributed by atoms with Gasteiger partial charge in [-0.05, 0) is 19.8 Å². The van der Waals surface area contributed by atoms with Gasteiger partial charge in [0.15, 0.2) is 0 Å². The first-order valence-electron chi connectivity index (χ1n) is 8.41. The Bertz CT molecular complexity index is 558. The molecule has 0 radical (unpaired) electrons. The number of piperidine rings is 1. The van der Waals surface area contributed by atoms with Crippen LogP contribution >= 0.6 is 0 Å². The summed E-state index contributed by atoms with van der Waals surface area (Å²) in [5, 5.41) is 5.95. The number of ether oxygens (including phenoxy) is 2. The Morgan fingerprint density at radius 2 is 1.96 bits per heavy atom. The zero-order valence-electron chi connectivity index (χ0n) is 14.7. The van der Waals surface area contributed by atoms with Gasteiger partial charge in [0.25, 0.3) is 5.91 Å².